The van der Waals surface area contributed by atoms with Crippen LogP contribution >= 0.6 is 11.3 Å². The lowest BCUT2D eigenvalue weighted by atomic mass is 10.1. The Morgan fingerprint density at radius 3 is 2.79 bits per heavy atom. The number of piperidine rings is 1. The number of likely N-dealkylation sites (tertiary alicyclic amines) is 1. The third kappa shape index (κ3) is 3.25. The van der Waals surface area contributed by atoms with Crippen LogP contribution in [-0.2, 0) is 11.3 Å². The number of aliphatic hydroxyl groups excluding tert-OH is 1. The van der Waals surface area contributed by atoms with Gasteiger partial charge in [-0.15, -0.1) is 0 Å². The van der Waals surface area contributed by atoms with Crippen LogP contribution in [-0.4, -0.2) is 39.7 Å². The van der Waals surface area contributed by atoms with E-state index in [2.05, 4.69) is 0 Å². The fourth-order valence-electron chi connectivity index (χ4n) is 2.39. The van der Waals surface area contributed by atoms with Crippen LogP contribution in [0.15, 0.2) is 4.79 Å². The van der Waals surface area contributed by atoms with E-state index in [-0.39, 0.29) is 10.8 Å². The van der Waals surface area contributed by atoms with Gasteiger partial charge in [0.2, 0.25) is 5.91 Å². The number of nitrogens with zero attached hydrogens (tertiary/aromatic N) is 2. The second-order valence-corrected chi connectivity index (χ2v) is 6.21. The molecule has 1 fully saturated rings. The maximum atomic E-state index is 12.0. The Hall–Kier alpha value is -1.14. The molecule has 1 aliphatic heterocycles. The van der Waals surface area contributed by atoms with Crippen molar-refractivity contribution in [2.45, 2.75) is 45.8 Å². The lowest BCUT2D eigenvalue weighted by Crippen LogP contribution is -2.42. The van der Waals surface area contributed by atoms with Crippen molar-refractivity contribution in [2.75, 3.05) is 13.1 Å². The Kier molecular flexibility index (Phi) is 4.42. The molecule has 19 heavy (non-hydrogen) atoms. The Balaban J connectivity index is 1.95. The van der Waals surface area contributed by atoms with Crippen molar-refractivity contribution in [1.82, 2.24) is 9.47 Å². The van der Waals surface area contributed by atoms with E-state index < -0.39 is 6.10 Å². The molecule has 0 spiro atoms. The van der Waals surface area contributed by atoms with Crippen LogP contribution < -0.4 is 4.87 Å². The summed E-state index contributed by atoms with van der Waals surface area (Å²) < 4.78 is 1.66. The molecule has 1 N–H and O–H groups in total. The van der Waals surface area contributed by atoms with Crippen molar-refractivity contribution >= 4 is 17.2 Å². The Bertz CT molecular complexity index is 520. The molecule has 1 aromatic heterocycles. The third-order valence-corrected chi connectivity index (χ3v) is 4.67. The van der Waals surface area contributed by atoms with Crippen molar-refractivity contribution in [2.24, 2.45) is 0 Å². The minimum Gasteiger partial charge on any atom is -0.391 e. The van der Waals surface area contributed by atoms with Crippen LogP contribution in [0.1, 0.15) is 29.8 Å². The van der Waals surface area contributed by atoms with Gasteiger partial charge in [0.05, 0.1) is 6.10 Å². The number of hydrogen-bond donors (Lipinski definition) is 1. The molecule has 2 rings (SSSR count). The van der Waals surface area contributed by atoms with Crippen LogP contribution in [0, 0.1) is 13.8 Å². The van der Waals surface area contributed by atoms with E-state index in [0.717, 1.165) is 23.4 Å². The molecule has 0 aromatic carbocycles. The molecule has 2 heterocycles. The summed E-state index contributed by atoms with van der Waals surface area (Å²) in [6.07, 6.45) is 1.55. The average molecular weight is 284 g/mol. The quantitative estimate of drug-likeness (QED) is 0.897. The van der Waals surface area contributed by atoms with Crippen molar-refractivity contribution in [1.29, 1.82) is 0 Å². The number of hydrogen-bond acceptors (Lipinski definition) is 4. The van der Waals surface area contributed by atoms with Gasteiger partial charge in [0.1, 0.15) is 0 Å². The molecule has 1 amide bonds. The zero-order valence-electron chi connectivity index (χ0n) is 11.4. The highest BCUT2D eigenvalue weighted by molar-refractivity contribution is 7.09. The Morgan fingerprint density at radius 1 is 1.47 bits per heavy atom. The minimum absolute atomic E-state index is 0.00137. The standard InChI is InChI=1S/C13H20N2O3S/c1-9-10(2)19-13(18)15(9)7-5-12(17)14-6-3-4-11(16)8-14/h11,16H,3-8H2,1-2H3. The zero-order valence-corrected chi connectivity index (χ0v) is 12.2. The Labute approximate surface area is 116 Å². The molecule has 106 valence electrons. The number of rotatable bonds is 3. The van der Waals surface area contributed by atoms with Gasteiger partial charge in [-0.25, -0.2) is 0 Å². The van der Waals surface area contributed by atoms with E-state index in [1.165, 1.54) is 11.3 Å². The van der Waals surface area contributed by atoms with Gasteiger partial charge in [-0.1, -0.05) is 11.3 Å². The first-order valence-electron chi connectivity index (χ1n) is 6.61. The van der Waals surface area contributed by atoms with Crippen molar-refractivity contribution < 1.29 is 9.90 Å². The predicted molar refractivity (Wildman–Crippen MR) is 74.5 cm³/mol. The molecule has 1 aliphatic rings. The van der Waals surface area contributed by atoms with Crippen molar-refractivity contribution in [3.05, 3.63) is 20.2 Å². The van der Waals surface area contributed by atoms with Gasteiger partial charge in [-0.3, -0.25) is 9.59 Å². The minimum atomic E-state index is -0.398. The van der Waals surface area contributed by atoms with E-state index in [4.69, 9.17) is 0 Å². The molecule has 0 radical (unpaired) electrons. The Morgan fingerprint density at radius 2 is 2.21 bits per heavy atom. The summed E-state index contributed by atoms with van der Waals surface area (Å²) in [7, 11) is 0. The number of amides is 1. The summed E-state index contributed by atoms with van der Waals surface area (Å²) >= 11 is 1.23. The van der Waals surface area contributed by atoms with Gasteiger partial charge in [-0.05, 0) is 26.7 Å². The van der Waals surface area contributed by atoms with Gasteiger partial charge in [0, 0.05) is 36.6 Å². The summed E-state index contributed by atoms with van der Waals surface area (Å²) in [5.74, 6) is 0.0221. The van der Waals surface area contributed by atoms with E-state index in [9.17, 15) is 14.7 Å². The highest BCUT2D eigenvalue weighted by Gasteiger charge is 2.22. The van der Waals surface area contributed by atoms with E-state index in [1.807, 2.05) is 13.8 Å². The SMILES string of the molecule is Cc1sc(=O)n(CCC(=O)N2CCCC(O)C2)c1C. The highest BCUT2D eigenvalue weighted by Crippen LogP contribution is 2.13. The number of aromatic nitrogens is 1. The van der Waals surface area contributed by atoms with Gasteiger partial charge in [-0.2, -0.15) is 0 Å². The van der Waals surface area contributed by atoms with Gasteiger partial charge in [0.15, 0.2) is 0 Å². The molecule has 0 saturated carbocycles. The van der Waals surface area contributed by atoms with Crippen LogP contribution in [0.3, 0.4) is 0 Å². The van der Waals surface area contributed by atoms with Crippen LogP contribution in [0.25, 0.3) is 0 Å². The fraction of sp³-hybridized carbons (Fsp3) is 0.692. The summed E-state index contributed by atoms with van der Waals surface area (Å²) in [6, 6.07) is 0. The predicted octanol–water partition coefficient (Wildman–Crippen LogP) is 0.900. The van der Waals surface area contributed by atoms with Gasteiger partial charge >= 0.3 is 4.87 Å². The van der Waals surface area contributed by atoms with Crippen molar-refractivity contribution in [3.63, 3.8) is 0 Å². The fourth-order valence-corrected chi connectivity index (χ4v) is 3.25. The first-order chi connectivity index (χ1) is 8.99. The number of aliphatic hydroxyl groups is 1. The smallest absolute Gasteiger partial charge is 0.307 e. The van der Waals surface area contributed by atoms with Crippen molar-refractivity contribution in [3.8, 4) is 0 Å². The van der Waals surface area contributed by atoms with E-state index in [0.29, 0.717) is 26.1 Å². The average Bonchev–Trinajstić information content (AvgIpc) is 2.61. The maximum Gasteiger partial charge on any atom is 0.307 e. The van der Waals surface area contributed by atoms with E-state index >= 15 is 0 Å². The topological polar surface area (TPSA) is 62.5 Å². The lowest BCUT2D eigenvalue weighted by Gasteiger charge is -2.30. The number of carbonyl (C=O) groups is 1. The van der Waals surface area contributed by atoms with Gasteiger partial charge < -0.3 is 14.6 Å². The van der Waals surface area contributed by atoms with Gasteiger partial charge in [0.25, 0.3) is 0 Å². The first kappa shape index (κ1) is 14.3. The molecular formula is C13H20N2O3S. The van der Waals surface area contributed by atoms with Crippen LogP contribution in [0.4, 0.5) is 0 Å². The number of β-amino-alcohol motifs (C(OH)–C–C–N with tert-alkyl or cyclic N) is 1. The molecule has 0 bridgehead atoms. The second kappa shape index (κ2) is 5.88. The summed E-state index contributed by atoms with van der Waals surface area (Å²) in [4.78, 5) is 26.5. The summed E-state index contributed by atoms with van der Waals surface area (Å²) in [5, 5.41) is 9.56. The molecule has 0 aliphatic carbocycles. The third-order valence-electron chi connectivity index (χ3n) is 3.67. The number of carbonyl (C=O) groups excluding carboxylic acids is 1. The normalized spacial score (nSPS) is 19.7. The molecule has 1 saturated heterocycles. The molecular weight excluding hydrogens is 264 g/mol. The molecule has 6 heteroatoms. The maximum absolute atomic E-state index is 12.0. The molecule has 1 unspecified atom stereocenters. The first-order valence-corrected chi connectivity index (χ1v) is 7.43. The molecule has 1 atom stereocenters. The second-order valence-electron chi connectivity index (χ2n) is 5.05. The molecule has 5 nitrogen and oxygen atoms in total. The summed E-state index contributed by atoms with van der Waals surface area (Å²) in [6.45, 7) is 5.39. The zero-order chi connectivity index (χ0) is 14.0. The van der Waals surface area contributed by atoms with E-state index in [1.54, 1.807) is 9.47 Å². The van der Waals surface area contributed by atoms with Crippen LogP contribution in [0.5, 0.6) is 0 Å². The summed E-state index contributed by atoms with van der Waals surface area (Å²) in [5.41, 5.74) is 0.946. The number of thiazole rings is 1. The monoisotopic (exact) mass is 284 g/mol. The lowest BCUT2D eigenvalue weighted by molar-refractivity contribution is -0.134. The largest absolute Gasteiger partial charge is 0.391 e. The number of aryl methyl sites for hydroxylation is 1. The highest BCUT2D eigenvalue weighted by atomic mass is 32.1. The van der Waals surface area contributed by atoms with Crippen LogP contribution in [0.2, 0.25) is 0 Å². The molecule has 1 aromatic rings.